The molecule has 4 rings (SSSR count). The van der Waals surface area contributed by atoms with Gasteiger partial charge in [-0.15, -0.1) is 10.2 Å². The van der Waals surface area contributed by atoms with Crippen molar-refractivity contribution >= 4 is 16.7 Å². The quantitative estimate of drug-likeness (QED) is 0.764. The summed E-state index contributed by atoms with van der Waals surface area (Å²) in [5.41, 5.74) is 0.514. The molecule has 2 heterocycles. The van der Waals surface area contributed by atoms with E-state index in [-0.39, 0.29) is 31.8 Å². The molecule has 0 spiro atoms. The lowest BCUT2D eigenvalue weighted by molar-refractivity contribution is -0.182. The van der Waals surface area contributed by atoms with Gasteiger partial charge in [0.25, 0.3) is 5.91 Å². The Morgan fingerprint density at radius 2 is 1.93 bits per heavy atom. The Labute approximate surface area is 153 Å². The van der Waals surface area contributed by atoms with Gasteiger partial charge < -0.3 is 9.88 Å². The molecule has 1 atom stereocenters. The second kappa shape index (κ2) is 6.68. The van der Waals surface area contributed by atoms with Crippen molar-refractivity contribution in [2.24, 2.45) is 5.92 Å². The van der Waals surface area contributed by atoms with Gasteiger partial charge in [0.2, 0.25) is 0 Å². The van der Waals surface area contributed by atoms with Gasteiger partial charge in [0.15, 0.2) is 5.82 Å². The third kappa shape index (κ3) is 3.39. The molecular formula is C19H17F3N4O. The zero-order valence-corrected chi connectivity index (χ0v) is 14.3. The predicted octanol–water partition coefficient (Wildman–Crippen LogP) is 3.49. The number of benzene rings is 2. The highest BCUT2D eigenvalue weighted by Gasteiger charge is 2.42. The molecule has 0 saturated heterocycles. The molecule has 8 heteroatoms. The highest BCUT2D eigenvalue weighted by atomic mass is 19.4. The smallest absolute Gasteiger partial charge is 0.345 e. The SMILES string of the molecule is O=C(NCc1nnc2n1C[C@H](C(F)(F)F)CC2)c1cccc2ccccc12. The van der Waals surface area contributed by atoms with Crippen LogP contribution in [0.5, 0.6) is 0 Å². The summed E-state index contributed by atoms with van der Waals surface area (Å²) >= 11 is 0. The van der Waals surface area contributed by atoms with E-state index in [4.69, 9.17) is 0 Å². The molecule has 27 heavy (non-hydrogen) atoms. The maximum atomic E-state index is 13.0. The predicted molar refractivity (Wildman–Crippen MR) is 93.0 cm³/mol. The van der Waals surface area contributed by atoms with Crippen LogP contribution in [0, 0.1) is 5.92 Å². The van der Waals surface area contributed by atoms with Crippen LogP contribution in [0.2, 0.25) is 0 Å². The van der Waals surface area contributed by atoms with Gasteiger partial charge in [0, 0.05) is 18.5 Å². The summed E-state index contributed by atoms with van der Waals surface area (Å²) in [6.07, 6.45) is -4.00. The number of rotatable bonds is 3. The number of carbonyl (C=O) groups excluding carboxylic acids is 1. The van der Waals surface area contributed by atoms with Crippen LogP contribution >= 0.6 is 0 Å². The van der Waals surface area contributed by atoms with Crippen molar-refractivity contribution in [2.75, 3.05) is 0 Å². The molecule has 0 unspecified atom stereocenters. The summed E-state index contributed by atoms with van der Waals surface area (Å²) < 4.78 is 40.6. The van der Waals surface area contributed by atoms with Crippen molar-refractivity contribution in [2.45, 2.75) is 32.1 Å². The Hall–Kier alpha value is -2.90. The van der Waals surface area contributed by atoms with E-state index in [1.54, 1.807) is 12.1 Å². The van der Waals surface area contributed by atoms with Gasteiger partial charge in [-0.1, -0.05) is 36.4 Å². The topological polar surface area (TPSA) is 59.8 Å². The highest BCUT2D eigenvalue weighted by Crippen LogP contribution is 2.34. The van der Waals surface area contributed by atoms with Crippen LogP contribution in [0.1, 0.15) is 28.4 Å². The van der Waals surface area contributed by atoms with Crippen LogP contribution < -0.4 is 5.32 Å². The number of hydrogen-bond acceptors (Lipinski definition) is 3. The summed E-state index contributed by atoms with van der Waals surface area (Å²) in [5, 5.41) is 12.5. The van der Waals surface area contributed by atoms with Crippen molar-refractivity contribution in [1.82, 2.24) is 20.1 Å². The molecule has 140 valence electrons. The first kappa shape index (κ1) is 17.5. The lowest BCUT2D eigenvalue weighted by Crippen LogP contribution is -2.34. The van der Waals surface area contributed by atoms with Gasteiger partial charge in [-0.2, -0.15) is 13.2 Å². The number of aromatic nitrogens is 3. The Morgan fingerprint density at radius 3 is 2.74 bits per heavy atom. The molecule has 2 aromatic carbocycles. The third-order valence-corrected chi connectivity index (χ3v) is 4.93. The maximum Gasteiger partial charge on any atom is 0.393 e. The Balaban J connectivity index is 1.52. The zero-order chi connectivity index (χ0) is 19.0. The van der Waals surface area contributed by atoms with Crippen molar-refractivity contribution in [3.63, 3.8) is 0 Å². The van der Waals surface area contributed by atoms with E-state index in [2.05, 4.69) is 15.5 Å². The number of nitrogens with one attached hydrogen (secondary N) is 1. The van der Waals surface area contributed by atoms with Crippen molar-refractivity contribution in [3.05, 3.63) is 59.7 Å². The molecular weight excluding hydrogens is 357 g/mol. The Morgan fingerprint density at radius 1 is 1.15 bits per heavy atom. The number of fused-ring (bicyclic) bond motifs is 2. The van der Waals surface area contributed by atoms with Crippen LogP contribution in [0.25, 0.3) is 10.8 Å². The summed E-state index contributed by atoms with van der Waals surface area (Å²) in [4.78, 5) is 12.6. The van der Waals surface area contributed by atoms with E-state index < -0.39 is 12.1 Å². The third-order valence-electron chi connectivity index (χ3n) is 4.93. The number of amides is 1. The van der Waals surface area contributed by atoms with E-state index in [1.807, 2.05) is 30.3 Å². The number of nitrogens with zero attached hydrogens (tertiary/aromatic N) is 3. The highest BCUT2D eigenvalue weighted by molar-refractivity contribution is 6.06. The zero-order valence-electron chi connectivity index (χ0n) is 14.3. The lowest BCUT2D eigenvalue weighted by atomic mass is 9.99. The van der Waals surface area contributed by atoms with Crippen LogP contribution in [-0.4, -0.2) is 26.8 Å². The van der Waals surface area contributed by atoms with Gasteiger partial charge >= 0.3 is 6.18 Å². The van der Waals surface area contributed by atoms with Crippen molar-refractivity contribution in [3.8, 4) is 0 Å². The van der Waals surface area contributed by atoms with Gasteiger partial charge in [-0.3, -0.25) is 4.79 Å². The largest absolute Gasteiger partial charge is 0.393 e. The molecule has 0 bridgehead atoms. The number of hydrogen-bond donors (Lipinski definition) is 1. The monoisotopic (exact) mass is 374 g/mol. The molecule has 0 fully saturated rings. The lowest BCUT2D eigenvalue weighted by Gasteiger charge is -2.26. The number of aryl methyl sites for hydroxylation is 1. The number of alkyl halides is 3. The Kier molecular flexibility index (Phi) is 4.33. The fourth-order valence-electron chi connectivity index (χ4n) is 3.46. The molecule has 1 aliphatic heterocycles. The first-order chi connectivity index (χ1) is 12.9. The van der Waals surface area contributed by atoms with E-state index in [1.165, 1.54) is 4.57 Å². The van der Waals surface area contributed by atoms with Crippen LogP contribution in [0.15, 0.2) is 42.5 Å². The fourth-order valence-corrected chi connectivity index (χ4v) is 3.46. The Bertz CT molecular complexity index is 991. The normalized spacial score (nSPS) is 16.9. The minimum atomic E-state index is -4.24. The minimum absolute atomic E-state index is 0.0179. The maximum absolute atomic E-state index is 13.0. The second-order valence-electron chi connectivity index (χ2n) is 6.63. The first-order valence-corrected chi connectivity index (χ1v) is 8.67. The van der Waals surface area contributed by atoms with Crippen molar-refractivity contribution < 1.29 is 18.0 Å². The van der Waals surface area contributed by atoms with Gasteiger partial charge in [0.1, 0.15) is 5.82 Å². The van der Waals surface area contributed by atoms with E-state index in [0.29, 0.717) is 17.2 Å². The molecule has 0 saturated carbocycles. The average Bonchev–Trinajstić information content (AvgIpc) is 3.07. The molecule has 1 aromatic heterocycles. The first-order valence-electron chi connectivity index (χ1n) is 8.67. The standard InChI is InChI=1S/C19H17F3N4O/c20-19(21,22)13-8-9-16-24-25-17(26(16)11-13)10-23-18(27)15-7-3-5-12-4-1-2-6-14(12)15/h1-7,13H,8-11H2,(H,23,27)/t13-/m1/s1. The summed E-state index contributed by atoms with van der Waals surface area (Å²) in [6.45, 7) is -0.176. The minimum Gasteiger partial charge on any atom is -0.345 e. The number of carbonyl (C=O) groups is 1. The molecule has 1 amide bonds. The van der Waals surface area contributed by atoms with Crippen molar-refractivity contribution in [1.29, 1.82) is 0 Å². The molecule has 1 N–H and O–H groups in total. The second-order valence-corrected chi connectivity index (χ2v) is 6.63. The van der Waals surface area contributed by atoms with Gasteiger partial charge in [0.05, 0.1) is 12.5 Å². The molecule has 0 aliphatic carbocycles. The molecule has 1 aliphatic rings. The average molecular weight is 374 g/mol. The summed E-state index contributed by atoms with van der Waals surface area (Å²) in [6, 6.07) is 12.9. The number of halogens is 3. The summed E-state index contributed by atoms with van der Waals surface area (Å²) in [7, 11) is 0. The molecule has 5 nitrogen and oxygen atoms in total. The van der Waals surface area contributed by atoms with Crippen LogP contribution in [0.3, 0.4) is 0 Å². The summed E-state index contributed by atoms with van der Waals surface area (Å²) in [5.74, 6) is -0.835. The van der Waals surface area contributed by atoms with Gasteiger partial charge in [-0.25, -0.2) is 0 Å². The van der Waals surface area contributed by atoms with Gasteiger partial charge in [-0.05, 0) is 23.3 Å². The fraction of sp³-hybridized carbons (Fsp3) is 0.316. The van der Waals surface area contributed by atoms with Crippen LogP contribution in [-0.2, 0) is 19.5 Å². The van der Waals surface area contributed by atoms with Crippen LogP contribution in [0.4, 0.5) is 13.2 Å². The van der Waals surface area contributed by atoms with E-state index in [0.717, 1.165) is 10.8 Å². The van der Waals surface area contributed by atoms with E-state index in [9.17, 15) is 18.0 Å². The molecule has 3 aromatic rings. The molecule has 0 radical (unpaired) electrons. The van der Waals surface area contributed by atoms with E-state index >= 15 is 0 Å².